The molecule has 2 aliphatic rings. The highest BCUT2D eigenvalue weighted by Gasteiger charge is 2.34. The van der Waals surface area contributed by atoms with Crippen LogP contribution in [0, 0.1) is 0 Å². The van der Waals surface area contributed by atoms with Crippen LogP contribution in [0.2, 0.25) is 0 Å². The molecule has 0 atom stereocenters. The number of hydrogen-bond acceptors (Lipinski definition) is 5. The lowest BCUT2D eigenvalue weighted by Gasteiger charge is -2.34. The molecule has 2 aliphatic heterocycles. The quantitative estimate of drug-likeness (QED) is 0.645. The Labute approximate surface area is 165 Å². The number of rotatable bonds is 6. The number of likely N-dealkylation sites (tertiary alicyclic amines) is 1. The fourth-order valence-electron chi connectivity index (χ4n) is 3.48. The number of sulfonamides is 1. The highest BCUT2D eigenvalue weighted by atomic mass is 32.2. The van der Waals surface area contributed by atoms with Gasteiger partial charge in [-0.25, -0.2) is 8.42 Å². The molecule has 3 rings (SSSR count). The number of piperazine rings is 1. The van der Waals surface area contributed by atoms with Crippen LogP contribution in [-0.2, 0) is 30.8 Å². The van der Waals surface area contributed by atoms with E-state index >= 15 is 0 Å². The topological polar surface area (TPSA) is 95.1 Å². The van der Waals surface area contributed by atoms with Gasteiger partial charge in [0.05, 0.1) is 4.90 Å². The van der Waals surface area contributed by atoms with Crippen molar-refractivity contribution in [3.63, 3.8) is 0 Å². The minimum Gasteiger partial charge on any atom is -0.338 e. The Kier molecular flexibility index (Phi) is 6.14. The predicted octanol–water partition coefficient (Wildman–Crippen LogP) is 0.621. The average Bonchev–Trinajstić information content (AvgIpc) is 3.01. The van der Waals surface area contributed by atoms with Crippen LogP contribution in [0.3, 0.4) is 0 Å². The molecule has 0 spiro atoms. The average molecular weight is 407 g/mol. The van der Waals surface area contributed by atoms with E-state index in [9.17, 15) is 22.8 Å². The lowest BCUT2D eigenvalue weighted by atomic mass is 10.1. The molecule has 0 radical (unpaired) electrons. The summed E-state index contributed by atoms with van der Waals surface area (Å²) in [5.74, 6) is -0.985. The van der Waals surface area contributed by atoms with Crippen LogP contribution in [0.25, 0.3) is 0 Å². The molecule has 3 amide bonds. The molecular formula is C19H25N3O5S. The van der Waals surface area contributed by atoms with E-state index in [2.05, 4.69) is 6.92 Å². The molecule has 2 saturated heterocycles. The number of carbonyl (C=O) groups excluding carboxylic acids is 3. The molecule has 1 aromatic rings. The van der Waals surface area contributed by atoms with Crippen molar-refractivity contribution in [3.05, 3.63) is 29.8 Å². The molecular weight excluding hydrogens is 382 g/mol. The Balaban J connectivity index is 1.58. The van der Waals surface area contributed by atoms with Gasteiger partial charge in [0.2, 0.25) is 27.7 Å². The van der Waals surface area contributed by atoms with E-state index in [-0.39, 0.29) is 68.2 Å². The van der Waals surface area contributed by atoms with E-state index in [1.54, 1.807) is 12.1 Å². The fraction of sp³-hybridized carbons (Fsp3) is 0.526. The second kappa shape index (κ2) is 8.40. The molecule has 0 aliphatic carbocycles. The first-order chi connectivity index (χ1) is 13.3. The maximum absolute atomic E-state index is 12.8. The van der Waals surface area contributed by atoms with Crippen LogP contribution in [0.15, 0.2) is 29.2 Å². The third-order valence-electron chi connectivity index (χ3n) is 5.14. The molecule has 0 bridgehead atoms. The summed E-state index contributed by atoms with van der Waals surface area (Å²) in [6.07, 6.45) is 2.20. The molecule has 9 heteroatoms. The zero-order valence-electron chi connectivity index (χ0n) is 16.0. The highest BCUT2D eigenvalue weighted by Crippen LogP contribution is 2.19. The van der Waals surface area contributed by atoms with Crippen LogP contribution in [-0.4, -0.2) is 73.0 Å². The normalized spacial score (nSPS) is 18.8. The summed E-state index contributed by atoms with van der Waals surface area (Å²) in [6, 6.07) is 6.92. The second-order valence-electron chi connectivity index (χ2n) is 7.05. The lowest BCUT2D eigenvalue weighted by Crippen LogP contribution is -2.53. The van der Waals surface area contributed by atoms with E-state index in [1.165, 1.54) is 9.21 Å². The third kappa shape index (κ3) is 4.25. The Morgan fingerprint density at radius 2 is 1.54 bits per heavy atom. The Hall–Kier alpha value is -2.26. The first-order valence-electron chi connectivity index (χ1n) is 9.53. The fourth-order valence-corrected chi connectivity index (χ4v) is 4.90. The number of amides is 3. The van der Waals surface area contributed by atoms with Crippen molar-refractivity contribution in [3.8, 4) is 0 Å². The maximum atomic E-state index is 12.8. The van der Waals surface area contributed by atoms with Gasteiger partial charge in [-0.1, -0.05) is 25.5 Å². The summed E-state index contributed by atoms with van der Waals surface area (Å²) >= 11 is 0. The molecule has 1 aromatic carbocycles. The zero-order chi connectivity index (χ0) is 20.3. The van der Waals surface area contributed by atoms with E-state index in [4.69, 9.17) is 0 Å². The molecule has 0 N–H and O–H groups in total. The Bertz CT molecular complexity index is 842. The molecule has 28 heavy (non-hydrogen) atoms. The highest BCUT2D eigenvalue weighted by molar-refractivity contribution is 7.89. The Morgan fingerprint density at radius 3 is 2.07 bits per heavy atom. The van der Waals surface area contributed by atoms with Gasteiger partial charge in [0.15, 0.2) is 0 Å². The summed E-state index contributed by atoms with van der Waals surface area (Å²) in [7, 11) is -3.61. The van der Waals surface area contributed by atoms with Crippen LogP contribution in [0.5, 0.6) is 0 Å². The van der Waals surface area contributed by atoms with Gasteiger partial charge in [0, 0.05) is 39.0 Å². The minimum atomic E-state index is -3.61. The lowest BCUT2D eigenvalue weighted by molar-refractivity contribution is -0.145. The molecule has 2 heterocycles. The van der Waals surface area contributed by atoms with Gasteiger partial charge in [-0.15, -0.1) is 0 Å². The molecule has 2 fully saturated rings. The molecule has 0 unspecified atom stereocenters. The van der Waals surface area contributed by atoms with Gasteiger partial charge in [-0.05, 0) is 24.1 Å². The van der Waals surface area contributed by atoms with Crippen molar-refractivity contribution in [2.75, 3.05) is 32.7 Å². The zero-order valence-corrected chi connectivity index (χ0v) is 16.8. The smallest absolute Gasteiger partial charge is 0.243 e. The SMILES string of the molecule is CCCc1ccc(S(=O)(=O)N2CCN(C(=O)CN3C(=O)CCC3=O)CC2)cc1. The van der Waals surface area contributed by atoms with Crippen molar-refractivity contribution in [2.24, 2.45) is 0 Å². The third-order valence-corrected chi connectivity index (χ3v) is 7.05. The molecule has 8 nitrogen and oxygen atoms in total. The largest absolute Gasteiger partial charge is 0.338 e. The monoisotopic (exact) mass is 407 g/mol. The van der Waals surface area contributed by atoms with Gasteiger partial charge in [-0.2, -0.15) is 4.31 Å². The second-order valence-corrected chi connectivity index (χ2v) is 8.99. The first-order valence-corrected chi connectivity index (χ1v) is 11.0. The molecule has 0 saturated carbocycles. The summed E-state index contributed by atoms with van der Waals surface area (Å²) in [5.41, 5.74) is 1.10. The van der Waals surface area contributed by atoms with Crippen molar-refractivity contribution in [2.45, 2.75) is 37.5 Å². The van der Waals surface area contributed by atoms with Gasteiger partial charge in [0.25, 0.3) is 0 Å². The number of carbonyl (C=O) groups is 3. The van der Waals surface area contributed by atoms with Crippen molar-refractivity contribution in [1.29, 1.82) is 0 Å². The van der Waals surface area contributed by atoms with E-state index in [1.807, 2.05) is 12.1 Å². The van der Waals surface area contributed by atoms with E-state index < -0.39 is 10.0 Å². The van der Waals surface area contributed by atoms with Gasteiger partial charge in [-0.3, -0.25) is 19.3 Å². The number of nitrogens with zero attached hydrogens (tertiary/aromatic N) is 3. The summed E-state index contributed by atoms with van der Waals surface area (Å²) in [6.45, 7) is 2.66. The van der Waals surface area contributed by atoms with Crippen LogP contribution >= 0.6 is 0 Å². The maximum Gasteiger partial charge on any atom is 0.243 e. The number of aryl methyl sites for hydroxylation is 1. The molecule has 0 aromatic heterocycles. The minimum absolute atomic E-state index is 0.148. The van der Waals surface area contributed by atoms with Crippen molar-refractivity contribution in [1.82, 2.24) is 14.1 Å². The van der Waals surface area contributed by atoms with Crippen LogP contribution in [0.1, 0.15) is 31.7 Å². The predicted molar refractivity (Wildman–Crippen MR) is 102 cm³/mol. The van der Waals surface area contributed by atoms with Crippen molar-refractivity contribution < 1.29 is 22.8 Å². The van der Waals surface area contributed by atoms with E-state index in [0.29, 0.717) is 0 Å². The Morgan fingerprint density at radius 1 is 0.964 bits per heavy atom. The van der Waals surface area contributed by atoms with Crippen molar-refractivity contribution >= 4 is 27.7 Å². The van der Waals surface area contributed by atoms with Gasteiger partial charge in [0.1, 0.15) is 6.54 Å². The van der Waals surface area contributed by atoms with Crippen LogP contribution < -0.4 is 0 Å². The van der Waals surface area contributed by atoms with Gasteiger partial charge >= 0.3 is 0 Å². The number of hydrogen-bond donors (Lipinski definition) is 0. The van der Waals surface area contributed by atoms with E-state index in [0.717, 1.165) is 23.3 Å². The summed E-state index contributed by atoms with van der Waals surface area (Å²) in [5, 5.41) is 0. The van der Waals surface area contributed by atoms with Gasteiger partial charge < -0.3 is 4.90 Å². The summed E-state index contributed by atoms with van der Waals surface area (Å²) < 4.78 is 27.0. The standard InChI is InChI=1S/C19H25N3O5S/c1-2-3-15-4-6-16(7-5-15)28(26,27)21-12-10-20(11-13-21)19(25)14-22-17(23)8-9-18(22)24/h4-7H,2-3,8-14H2,1H3. The number of benzene rings is 1. The number of imide groups is 1. The van der Waals surface area contributed by atoms with Crippen LogP contribution in [0.4, 0.5) is 0 Å². The first kappa shape index (κ1) is 20.5. The summed E-state index contributed by atoms with van der Waals surface area (Å²) in [4.78, 5) is 38.4. The molecule has 152 valence electrons.